The van der Waals surface area contributed by atoms with Crippen molar-refractivity contribution in [3.05, 3.63) is 53.2 Å². The van der Waals surface area contributed by atoms with E-state index in [2.05, 4.69) is 27.5 Å². The van der Waals surface area contributed by atoms with Gasteiger partial charge in [0.05, 0.1) is 30.3 Å². The van der Waals surface area contributed by atoms with E-state index in [0.29, 0.717) is 17.3 Å². The number of fused-ring (bicyclic) bond motifs is 1. The molecule has 8 nitrogen and oxygen atoms in total. The van der Waals surface area contributed by atoms with Gasteiger partial charge in [-0.05, 0) is 79.4 Å². The monoisotopic (exact) mass is 540 g/mol. The summed E-state index contributed by atoms with van der Waals surface area (Å²) in [5.74, 6) is 0.592. The molecule has 1 aliphatic rings. The first-order valence-electron chi connectivity index (χ1n) is 13.2. The van der Waals surface area contributed by atoms with E-state index in [-0.39, 0.29) is 22.8 Å². The molecule has 2 heterocycles. The van der Waals surface area contributed by atoms with Gasteiger partial charge in [0, 0.05) is 12.4 Å². The first kappa shape index (κ1) is 28.0. The fourth-order valence-electron chi connectivity index (χ4n) is 5.33. The quantitative estimate of drug-likeness (QED) is 0.390. The Bertz CT molecular complexity index is 1430. The summed E-state index contributed by atoms with van der Waals surface area (Å²) in [5.41, 5.74) is 4.12. The van der Waals surface area contributed by atoms with Gasteiger partial charge in [0.1, 0.15) is 5.69 Å². The zero-order chi connectivity index (χ0) is 27.7. The smallest absolute Gasteiger partial charge is 0.272 e. The van der Waals surface area contributed by atoms with Crippen molar-refractivity contribution >= 4 is 38.2 Å². The van der Waals surface area contributed by atoms with Gasteiger partial charge in [0.25, 0.3) is 5.91 Å². The molecule has 1 aromatic heterocycles. The summed E-state index contributed by atoms with van der Waals surface area (Å²) in [7, 11) is -0.179. The molecule has 1 saturated heterocycles. The maximum absolute atomic E-state index is 13.6. The maximum Gasteiger partial charge on any atom is 0.272 e. The number of benzene rings is 2. The average molecular weight is 541 g/mol. The van der Waals surface area contributed by atoms with Crippen LogP contribution in [0.25, 0.3) is 10.9 Å². The van der Waals surface area contributed by atoms with Crippen molar-refractivity contribution in [3.8, 4) is 5.75 Å². The van der Waals surface area contributed by atoms with Gasteiger partial charge in [0.2, 0.25) is 10.0 Å². The first-order chi connectivity index (χ1) is 17.9. The molecule has 1 amide bonds. The largest absolute Gasteiger partial charge is 0.492 e. The van der Waals surface area contributed by atoms with Gasteiger partial charge in [-0.2, -0.15) is 0 Å². The number of anilines is 2. The molecular weight excluding hydrogens is 500 g/mol. The highest BCUT2D eigenvalue weighted by atomic mass is 32.2. The third-order valence-corrected chi connectivity index (χ3v) is 7.87. The van der Waals surface area contributed by atoms with E-state index in [9.17, 15) is 13.2 Å². The minimum absolute atomic E-state index is 0.262. The third-order valence-electron chi connectivity index (χ3n) is 7.28. The molecule has 38 heavy (non-hydrogen) atoms. The number of methoxy groups -OCH3 is 1. The summed E-state index contributed by atoms with van der Waals surface area (Å²) in [5, 5.41) is 7.51. The number of hydrogen-bond acceptors (Lipinski definition) is 5. The van der Waals surface area contributed by atoms with Crippen LogP contribution < -0.4 is 20.1 Å². The molecule has 1 unspecified atom stereocenters. The molecule has 2 aromatic carbocycles. The van der Waals surface area contributed by atoms with Crippen LogP contribution in [-0.4, -0.2) is 45.3 Å². The van der Waals surface area contributed by atoms with Gasteiger partial charge in [-0.25, -0.2) is 8.42 Å². The molecule has 0 spiro atoms. The van der Waals surface area contributed by atoms with E-state index in [0.717, 1.165) is 48.7 Å². The second-order valence-electron chi connectivity index (χ2n) is 11.4. The minimum atomic E-state index is -3.56. The second kappa shape index (κ2) is 11.0. The van der Waals surface area contributed by atoms with E-state index < -0.39 is 10.0 Å². The Labute approximate surface area is 226 Å². The summed E-state index contributed by atoms with van der Waals surface area (Å²) in [6.45, 7) is 8.21. The van der Waals surface area contributed by atoms with Crippen LogP contribution in [0.2, 0.25) is 0 Å². The van der Waals surface area contributed by atoms with Crippen LogP contribution in [0.4, 0.5) is 11.4 Å². The number of aromatic nitrogens is 1. The second-order valence-corrected chi connectivity index (χ2v) is 13.1. The van der Waals surface area contributed by atoms with Gasteiger partial charge in [0.15, 0.2) is 5.75 Å². The molecule has 9 heteroatoms. The lowest BCUT2D eigenvalue weighted by Crippen LogP contribution is -2.19. The number of sulfonamides is 1. The molecule has 0 saturated carbocycles. The Morgan fingerprint density at radius 1 is 1.13 bits per heavy atom. The Morgan fingerprint density at radius 3 is 2.55 bits per heavy atom. The van der Waals surface area contributed by atoms with E-state index in [4.69, 9.17) is 4.74 Å². The van der Waals surface area contributed by atoms with E-state index >= 15 is 0 Å². The van der Waals surface area contributed by atoms with E-state index in [1.807, 2.05) is 50.6 Å². The molecule has 0 aliphatic carbocycles. The Morgan fingerprint density at radius 2 is 1.87 bits per heavy atom. The molecule has 1 atom stereocenters. The molecule has 1 fully saturated rings. The van der Waals surface area contributed by atoms with Gasteiger partial charge >= 0.3 is 0 Å². The number of para-hydroxylation sites is 1. The van der Waals surface area contributed by atoms with Crippen molar-refractivity contribution in [2.24, 2.45) is 13.0 Å². The van der Waals surface area contributed by atoms with Gasteiger partial charge in [-0.1, -0.05) is 39.0 Å². The lowest BCUT2D eigenvalue weighted by atomic mass is 9.86. The molecule has 4 rings (SSSR count). The summed E-state index contributed by atoms with van der Waals surface area (Å²) in [6.07, 6.45) is 5.62. The maximum atomic E-state index is 13.6. The number of carbonyl (C=O) groups excluding carboxylic acids is 1. The number of rotatable bonds is 7. The van der Waals surface area contributed by atoms with Crippen LogP contribution in [0.1, 0.15) is 61.6 Å². The number of nitrogens with one attached hydrogen (secondary N) is 3. The topological polar surface area (TPSA) is 101 Å². The zero-order valence-electron chi connectivity index (χ0n) is 23.3. The van der Waals surface area contributed by atoms with Crippen molar-refractivity contribution < 1.29 is 17.9 Å². The number of ether oxygens (including phenoxy) is 1. The van der Waals surface area contributed by atoms with E-state index in [1.165, 1.54) is 25.5 Å². The first-order valence-corrected chi connectivity index (χ1v) is 15.1. The Kier molecular flexibility index (Phi) is 8.09. The molecule has 0 bridgehead atoms. The number of carbonyl (C=O) groups is 1. The highest BCUT2D eigenvalue weighted by Gasteiger charge is 2.24. The predicted octanol–water partition coefficient (Wildman–Crippen LogP) is 5.04. The fourth-order valence-corrected chi connectivity index (χ4v) is 5.88. The highest BCUT2D eigenvalue weighted by molar-refractivity contribution is 7.92. The summed E-state index contributed by atoms with van der Waals surface area (Å²) >= 11 is 0. The van der Waals surface area contributed by atoms with Gasteiger partial charge < -0.3 is 19.9 Å². The lowest BCUT2D eigenvalue weighted by Gasteiger charge is -2.24. The van der Waals surface area contributed by atoms with Crippen LogP contribution in [0, 0.1) is 5.92 Å². The summed E-state index contributed by atoms with van der Waals surface area (Å²) < 4.78 is 34.2. The Hall–Kier alpha value is -3.04. The Balaban J connectivity index is 1.71. The molecule has 0 radical (unpaired) electrons. The summed E-state index contributed by atoms with van der Waals surface area (Å²) in [4.78, 5) is 13.6. The number of hydrogen-bond donors (Lipinski definition) is 3. The van der Waals surface area contributed by atoms with Crippen LogP contribution >= 0.6 is 0 Å². The molecule has 206 valence electrons. The SMILES string of the molecule is COc1c(NC(=O)c2cc3cccc(CC4CCCNCC4)c3n2C)cc(C(C)(C)C)cc1NS(C)(=O)=O. The molecular formula is C29H40N4O4S. The van der Waals surface area contributed by atoms with Crippen LogP contribution in [-0.2, 0) is 28.9 Å². The van der Waals surface area contributed by atoms with Crippen molar-refractivity contribution in [1.82, 2.24) is 9.88 Å². The lowest BCUT2D eigenvalue weighted by molar-refractivity contribution is 0.101. The number of aryl methyl sites for hydroxylation is 1. The standard InChI is InChI=1S/C29H40N4O4S/c1-29(2,3)22-17-23(27(37-5)24(18-22)32-38(6,35)36)31-28(34)25-16-21-11-7-10-20(26(21)33(25)4)15-19-9-8-13-30-14-12-19/h7,10-11,16-19,30,32H,8-9,12-15H2,1-6H3,(H,31,34). The van der Waals surface area contributed by atoms with Gasteiger partial charge in [-0.15, -0.1) is 0 Å². The normalized spacial score (nSPS) is 16.7. The fraction of sp³-hybridized carbons (Fsp3) is 0.483. The van der Waals surface area contributed by atoms with Gasteiger partial charge in [-0.3, -0.25) is 9.52 Å². The summed E-state index contributed by atoms with van der Waals surface area (Å²) in [6, 6.07) is 11.8. The minimum Gasteiger partial charge on any atom is -0.492 e. The zero-order valence-corrected chi connectivity index (χ0v) is 24.1. The molecule has 3 N–H and O–H groups in total. The van der Waals surface area contributed by atoms with Crippen molar-refractivity contribution in [2.45, 2.75) is 51.9 Å². The van der Waals surface area contributed by atoms with Crippen LogP contribution in [0.15, 0.2) is 36.4 Å². The van der Waals surface area contributed by atoms with Crippen LogP contribution in [0.3, 0.4) is 0 Å². The average Bonchev–Trinajstić information content (AvgIpc) is 2.98. The number of nitrogens with zero attached hydrogens (tertiary/aromatic N) is 1. The van der Waals surface area contributed by atoms with Crippen molar-refractivity contribution in [1.29, 1.82) is 0 Å². The van der Waals surface area contributed by atoms with Crippen LogP contribution in [0.5, 0.6) is 5.75 Å². The highest BCUT2D eigenvalue weighted by Crippen LogP contribution is 2.39. The van der Waals surface area contributed by atoms with Crippen molar-refractivity contribution in [2.75, 3.05) is 36.5 Å². The van der Waals surface area contributed by atoms with Crippen molar-refractivity contribution in [3.63, 3.8) is 0 Å². The molecule has 3 aromatic rings. The third kappa shape index (κ3) is 6.32. The molecule has 1 aliphatic heterocycles. The number of amides is 1. The predicted molar refractivity (Wildman–Crippen MR) is 155 cm³/mol. The van der Waals surface area contributed by atoms with E-state index in [1.54, 1.807) is 6.07 Å².